The Kier molecular flexibility index (Phi) is 6.55. The summed E-state index contributed by atoms with van der Waals surface area (Å²) < 4.78 is 32.3. The van der Waals surface area contributed by atoms with E-state index in [1.165, 1.54) is 12.1 Å². The number of hydrogen-bond donors (Lipinski definition) is 0. The summed E-state index contributed by atoms with van der Waals surface area (Å²) in [7, 11) is 5.40. The molecule has 0 radical (unpaired) electrons. The molecule has 0 aliphatic heterocycles. The van der Waals surface area contributed by atoms with Gasteiger partial charge in [0.05, 0.1) is 24.8 Å². The first kappa shape index (κ1) is 19.7. The maximum atomic E-state index is 13.4. The van der Waals surface area contributed by atoms with Crippen LogP contribution in [0.4, 0.5) is 20.2 Å². The van der Waals surface area contributed by atoms with E-state index in [1.54, 1.807) is 13.4 Å². The Bertz CT molecular complexity index is 773. The number of aryl methyl sites for hydroxylation is 1. The Morgan fingerprint density at radius 1 is 1.08 bits per heavy atom. The second-order valence-electron chi connectivity index (χ2n) is 6.26. The van der Waals surface area contributed by atoms with Gasteiger partial charge in [0.1, 0.15) is 17.4 Å². The number of halogens is 2. The van der Waals surface area contributed by atoms with Crippen LogP contribution in [0.2, 0.25) is 0 Å². The zero-order valence-electron chi connectivity index (χ0n) is 15.9. The maximum Gasteiger partial charge on any atom is 0.144 e. The van der Waals surface area contributed by atoms with Crippen molar-refractivity contribution in [3.05, 3.63) is 53.1 Å². The molecule has 0 saturated carbocycles. The molecule has 4 nitrogen and oxygen atoms in total. The lowest BCUT2D eigenvalue weighted by Crippen LogP contribution is -2.17. The van der Waals surface area contributed by atoms with Crippen LogP contribution in [0, 0.1) is 18.6 Å². The summed E-state index contributed by atoms with van der Waals surface area (Å²) in [6.45, 7) is 5.24. The molecule has 0 amide bonds. The molecular weight excluding hydrogens is 336 g/mol. The minimum atomic E-state index is -0.582. The lowest BCUT2D eigenvalue weighted by atomic mass is 10.1. The van der Waals surface area contributed by atoms with Crippen molar-refractivity contribution in [1.82, 2.24) is 4.90 Å². The zero-order valence-corrected chi connectivity index (χ0v) is 15.9. The first-order chi connectivity index (χ1) is 12.3. The molecule has 26 heavy (non-hydrogen) atoms. The topological polar surface area (TPSA) is 28.1 Å². The van der Waals surface area contributed by atoms with Crippen molar-refractivity contribution in [2.24, 2.45) is 4.99 Å². The van der Waals surface area contributed by atoms with Crippen LogP contribution in [0.15, 0.2) is 35.3 Å². The average molecular weight is 361 g/mol. The lowest BCUT2D eigenvalue weighted by Gasteiger charge is -2.23. The van der Waals surface area contributed by atoms with Crippen molar-refractivity contribution >= 4 is 17.7 Å². The number of nitrogens with zero attached hydrogens (tertiary/aromatic N) is 3. The summed E-state index contributed by atoms with van der Waals surface area (Å²) in [6, 6.07) is 7.37. The molecule has 0 saturated heterocycles. The first-order valence-electron chi connectivity index (χ1n) is 8.43. The van der Waals surface area contributed by atoms with E-state index in [1.807, 2.05) is 49.9 Å². The third-order valence-corrected chi connectivity index (χ3v) is 4.14. The van der Waals surface area contributed by atoms with Crippen LogP contribution in [0.1, 0.15) is 18.1 Å². The fourth-order valence-corrected chi connectivity index (χ4v) is 2.57. The molecule has 6 heteroatoms. The summed E-state index contributed by atoms with van der Waals surface area (Å²) >= 11 is 0. The number of benzene rings is 2. The molecular formula is C20H25F2N3O. The van der Waals surface area contributed by atoms with Crippen LogP contribution < -0.4 is 9.64 Å². The zero-order chi connectivity index (χ0) is 19.3. The summed E-state index contributed by atoms with van der Waals surface area (Å²) in [6.07, 6.45) is 1.78. The Hall–Kier alpha value is -2.63. The van der Waals surface area contributed by atoms with Crippen molar-refractivity contribution < 1.29 is 13.5 Å². The predicted molar refractivity (Wildman–Crippen MR) is 103 cm³/mol. The molecule has 0 bridgehead atoms. The van der Waals surface area contributed by atoms with Gasteiger partial charge in [-0.2, -0.15) is 0 Å². The summed E-state index contributed by atoms with van der Waals surface area (Å²) in [5.41, 5.74) is 3.18. The number of rotatable bonds is 7. The monoisotopic (exact) mass is 361 g/mol. The quantitative estimate of drug-likeness (QED) is 0.536. The molecule has 0 N–H and O–H groups in total. The smallest absolute Gasteiger partial charge is 0.144 e. The highest BCUT2D eigenvalue weighted by Gasteiger charge is 2.13. The Labute approximate surface area is 153 Å². The SMILES string of the molecule is CCN(C)C=Nc1cc(OC)c(N(C)Cc2cc(F)cc(F)c2)cc1C. The van der Waals surface area contributed by atoms with Gasteiger partial charge in [-0.05, 0) is 43.2 Å². The van der Waals surface area contributed by atoms with Crippen LogP contribution >= 0.6 is 0 Å². The maximum absolute atomic E-state index is 13.4. The van der Waals surface area contributed by atoms with Crippen LogP contribution in [-0.4, -0.2) is 39.0 Å². The molecule has 2 rings (SSSR count). The van der Waals surface area contributed by atoms with Gasteiger partial charge in [-0.1, -0.05) is 0 Å². The van der Waals surface area contributed by atoms with Gasteiger partial charge in [0.2, 0.25) is 0 Å². The average Bonchev–Trinajstić information content (AvgIpc) is 2.59. The number of hydrogen-bond acceptors (Lipinski definition) is 3. The number of methoxy groups -OCH3 is 1. The minimum Gasteiger partial charge on any atom is -0.495 e. The van der Waals surface area contributed by atoms with Gasteiger partial charge < -0.3 is 14.5 Å². The van der Waals surface area contributed by atoms with E-state index in [4.69, 9.17) is 4.74 Å². The van der Waals surface area contributed by atoms with E-state index in [0.29, 0.717) is 17.9 Å². The van der Waals surface area contributed by atoms with Crippen LogP contribution in [0.5, 0.6) is 5.75 Å². The van der Waals surface area contributed by atoms with Crippen molar-refractivity contribution in [1.29, 1.82) is 0 Å². The molecule has 0 aromatic heterocycles. The van der Waals surface area contributed by atoms with Gasteiger partial charge in [-0.25, -0.2) is 13.8 Å². The lowest BCUT2D eigenvalue weighted by molar-refractivity contribution is 0.415. The molecule has 140 valence electrons. The molecule has 0 spiro atoms. The highest BCUT2D eigenvalue weighted by atomic mass is 19.1. The largest absolute Gasteiger partial charge is 0.495 e. The standard InChI is InChI=1S/C20H25F2N3O/c1-6-24(3)13-23-18-11-20(26-5)19(7-14(18)2)25(4)12-15-8-16(21)10-17(22)9-15/h7-11,13H,6,12H2,1-5H3. The van der Waals surface area contributed by atoms with E-state index in [-0.39, 0.29) is 0 Å². The van der Waals surface area contributed by atoms with Gasteiger partial charge in [-0.15, -0.1) is 0 Å². The summed E-state index contributed by atoms with van der Waals surface area (Å²) in [5.74, 6) is -0.510. The van der Waals surface area contributed by atoms with E-state index in [2.05, 4.69) is 4.99 Å². The Morgan fingerprint density at radius 3 is 2.31 bits per heavy atom. The van der Waals surface area contributed by atoms with Gasteiger partial charge in [0, 0.05) is 39.3 Å². The van der Waals surface area contributed by atoms with E-state index in [9.17, 15) is 8.78 Å². The van der Waals surface area contributed by atoms with Crippen molar-refractivity contribution in [3.8, 4) is 5.75 Å². The predicted octanol–water partition coefficient (Wildman–Crippen LogP) is 4.53. The molecule has 2 aromatic rings. The Morgan fingerprint density at radius 2 is 1.73 bits per heavy atom. The molecule has 2 aromatic carbocycles. The van der Waals surface area contributed by atoms with Crippen molar-refractivity contribution in [2.45, 2.75) is 20.4 Å². The van der Waals surface area contributed by atoms with Crippen LogP contribution in [0.3, 0.4) is 0 Å². The molecule has 0 unspecified atom stereocenters. The first-order valence-corrected chi connectivity index (χ1v) is 8.43. The van der Waals surface area contributed by atoms with E-state index >= 15 is 0 Å². The minimum absolute atomic E-state index is 0.353. The van der Waals surface area contributed by atoms with Crippen molar-refractivity contribution in [3.63, 3.8) is 0 Å². The second kappa shape index (κ2) is 8.65. The highest BCUT2D eigenvalue weighted by molar-refractivity contribution is 5.70. The fourth-order valence-electron chi connectivity index (χ4n) is 2.57. The van der Waals surface area contributed by atoms with Gasteiger partial charge >= 0.3 is 0 Å². The molecule has 0 aliphatic rings. The van der Waals surface area contributed by atoms with E-state index < -0.39 is 11.6 Å². The van der Waals surface area contributed by atoms with Gasteiger partial charge in [0.25, 0.3) is 0 Å². The third kappa shape index (κ3) is 4.94. The number of anilines is 1. The fraction of sp³-hybridized carbons (Fsp3) is 0.350. The van der Waals surface area contributed by atoms with Crippen LogP contribution in [-0.2, 0) is 6.54 Å². The number of aliphatic imine (C=N–C) groups is 1. The molecule has 0 heterocycles. The van der Waals surface area contributed by atoms with E-state index in [0.717, 1.165) is 29.5 Å². The normalized spacial score (nSPS) is 11.0. The molecule has 0 fully saturated rings. The summed E-state index contributed by atoms with van der Waals surface area (Å²) in [5, 5.41) is 0. The number of ether oxygens (including phenoxy) is 1. The van der Waals surface area contributed by atoms with Crippen LogP contribution in [0.25, 0.3) is 0 Å². The highest BCUT2D eigenvalue weighted by Crippen LogP contribution is 2.35. The second-order valence-corrected chi connectivity index (χ2v) is 6.26. The Balaban J connectivity index is 2.30. The third-order valence-electron chi connectivity index (χ3n) is 4.14. The summed E-state index contributed by atoms with van der Waals surface area (Å²) in [4.78, 5) is 8.37. The van der Waals surface area contributed by atoms with Crippen molar-refractivity contribution in [2.75, 3.05) is 32.6 Å². The van der Waals surface area contributed by atoms with Gasteiger partial charge in [0.15, 0.2) is 0 Å². The van der Waals surface area contributed by atoms with Gasteiger partial charge in [-0.3, -0.25) is 0 Å². The molecule has 0 aliphatic carbocycles. The molecule has 0 atom stereocenters.